The van der Waals surface area contributed by atoms with E-state index in [1.807, 2.05) is 25.5 Å². The summed E-state index contributed by atoms with van der Waals surface area (Å²) < 4.78 is 11.8. The summed E-state index contributed by atoms with van der Waals surface area (Å²) in [6.45, 7) is 3.64. The lowest BCUT2D eigenvalue weighted by atomic mass is 10.1. The second-order valence-electron chi connectivity index (χ2n) is 4.70. The van der Waals surface area contributed by atoms with Crippen molar-refractivity contribution in [3.05, 3.63) is 29.8 Å². The monoisotopic (exact) mass is 286 g/mol. The minimum atomic E-state index is -2.08. The van der Waals surface area contributed by atoms with Crippen LogP contribution in [0.2, 0.25) is 0 Å². The van der Waals surface area contributed by atoms with Crippen molar-refractivity contribution in [2.24, 2.45) is 5.92 Å². The summed E-state index contributed by atoms with van der Waals surface area (Å²) in [7, 11) is -2.08. The Balaban J connectivity index is 2.15. The summed E-state index contributed by atoms with van der Waals surface area (Å²) in [6.07, 6.45) is 1.29. The minimum absolute atomic E-state index is 0.728. The Bertz CT molecular complexity index is 393. The van der Waals surface area contributed by atoms with Crippen LogP contribution in [0.4, 0.5) is 0 Å². The lowest BCUT2D eigenvalue weighted by Gasteiger charge is -2.07. The van der Waals surface area contributed by atoms with E-state index >= 15 is 0 Å². The first-order valence-electron chi connectivity index (χ1n) is 5.24. The number of halogens is 1. The molecule has 1 aromatic rings. The molecule has 0 saturated heterocycles. The fourth-order valence-electron chi connectivity index (χ4n) is 1.91. The Morgan fingerprint density at radius 3 is 2.33 bits per heavy atom. The molecule has 82 valence electrons. The average Bonchev–Trinajstić information content (AvgIpc) is 2.95. The summed E-state index contributed by atoms with van der Waals surface area (Å²) in [5.74, 6) is 1.54. The molecule has 0 radical (unpaired) electrons. The maximum Gasteiger partial charge on any atom is 0.109 e. The Labute approximate surface area is 99.8 Å². The average molecular weight is 287 g/mol. The van der Waals surface area contributed by atoms with Crippen molar-refractivity contribution < 1.29 is 4.57 Å². The molecule has 15 heavy (non-hydrogen) atoms. The van der Waals surface area contributed by atoms with E-state index < -0.39 is 7.14 Å². The van der Waals surface area contributed by atoms with Crippen LogP contribution in [0.5, 0.6) is 0 Å². The number of hydrogen-bond donors (Lipinski definition) is 0. The standard InChI is InChI=1S/C12H16BrOP/c1-15(2,14)11-5-3-9(4-6-11)12-7-10(12)8-13/h3-6,10,12H,7-8H2,1-2H3. The number of hydrogen-bond acceptors (Lipinski definition) is 1. The fraction of sp³-hybridized carbons (Fsp3) is 0.500. The zero-order valence-electron chi connectivity index (χ0n) is 9.11. The highest BCUT2D eigenvalue weighted by Gasteiger charge is 2.36. The van der Waals surface area contributed by atoms with Gasteiger partial charge in [0, 0.05) is 10.6 Å². The summed E-state index contributed by atoms with van der Waals surface area (Å²) in [5.41, 5.74) is 1.40. The van der Waals surface area contributed by atoms with Crippen LogP contribution >= 0.6 is 23.1 Å². The molecule has 1 nitrogen and oxygen atoms in total. The molecule has 1 fully saturated rings. The van der Waals surface area contributed by atoms with E-state index in [0.29, 0.717) is 0 Å². The Kier molecular flexibility index (Phi) is 3.10. The zero-order valence-corrected chi connectivity index (χ0v) is 11.6. The van der Waals surface area contributed by atoms with Gasteiger partial charge in [-0.3, -0.25) is 0 Å². The third kappa shape index (κ3) is 2.54. The van der Waals surface area contributed by atoms with Crippen LogP contribution in [-0.4, -0.2) is 18.7 Å². The zero-order chi connectivity index (χ0) is 11.1. The van der Waals surface area contributed by atoms with Gasteiger partial charge in [0.1, 0.15) is 7.14 Å². The Morgan fingerprint density at radius 2 is 1.93 bits per heavy atom. The second kappa shape index (κ2) is 4.07. The molecule has 2 unspecified atom stereocenters. The van der Waals surface area contributed by atoms with Crippen molar-refractivity contribution in [1.82, 2.24) is 0 Å². The molecule has 2 atom stereocenters. The fourth-order valence-corrected chi connectivity index (χ4v) is 3.49. The minimum Gasteiger partial charge on any atom is -0.319 e. The van der Waals surface area contributed by atoms with Gasteiger partial charge in [-0.25, -0.2) is 0 Å². The van der Waals surface area contributed by atoms with Gasteiger partial charge in [0.25, 0.3) is 0 Å². The number of benzene rings is 1. The van der Waals surface area contributed by atoms with Gasteiger partial charge in [-0.1, -0.05) is 40.2 Å². The molecule has 0 spiro atoms. The molecule has 1 aromatic carbocycles. The van der Waals surface area contributed by atoms with Gasteiger partial charge in [-0.2, -0.15) is 0 Å². The van der Waals surface area contributed by atoms with Gasteiger partial charge in [0.15, 0.2) is 0 Å². The van der Waals surface area contributed by atoms with Crippen LogP contribution in [0.15, 0.2) is 24.3 Å². The molecule has 0 heterocycles. The number of rotatable bonds is 3. The largest absolute Gasteiger partial charge is 0.319 e. The van der Waals surface area contributed by atoms with E-state index in [1.165, 1.54) is 12.0 Å². The quantitative estimate of drug-likeness (QED) is 0.615. The molecule has 1 saturated carbocycles. The van der Waals surface area contributed by atoms with E-state index in [4.69, 9.17) is 0 Å². The third-order valence-electron chi connectivity index (χ3n) is 3.06. The molecule has 1 aliphatic carbocycles. The van der Waals surface area contributed by atoms with Gasteiger partial charge in [-0.05, 0) is 37.1 Å². The van der Waals surface area contributed by atoms with Crippen molar-refractivity contribution in [1.29, 1.82) is 0 Å². The highest BCUT2D eigenvalue weighted by Crippen LogP contribution is 2.48. The van der Waals surface area contributed by atoms with Gasteiger partial charge in [0.2, 0.25) is 0 Å². The van der Waals surface area contributed by atoms with Crippen LogP contribution in [0, 0.1) is 5.92 Å². The van der Waals surface area contributed by atoms with Crippen molar-refractivity contribution in [3.63, 3.8) is 0 Å². The lowest BCUT2D eigenvalue weighted by Crippen LogP contribution is -2.02. The summed E-state index contributed by atoms with van der Waals surface area (Å²) in [5, 5.41) is 2.08. The van der Waals surface area contributed by atoms with E-state index in [1.54, 1.807) is 0 Å². The van der Waals surface area contributed by atoms with E-state index in [9.17, 15) is 4.57 Å². The summed E-state index contributed by atoms with van der Waals surface area (Å²) in [4.78, 5) is 0. The molecule has 2 rings (SSSR count). The lowest BCUT2D eigenvalue weighted by molar-refractivity contribution is 0.588. The van der Waals surface area contributed by atoms with E-state index in [0.717, 1.165) is 22.5 Å². The van der Waals surface area contributed by atoms with Gasteiger partial charge < -0.3 is 4.57 Å². The van der Waals surface area contributed by atoms with Crippen molar-refractivity contribution in [3.8, 4) is 0 Å². The molecule has 3 heteroatoms. The Hall–Kier alpha value is -0.0700. The van der Waals surface area contributed by atoms with Crippen LogP contribution < -0.4 is 5.30 Å². The van der Waals surface area contributed by atoms with Crippen molar-refractivity contribution in [2.75, 3.05) is 18.7 Å². The summed E-state index contributed by atoms with van der Waals surface area (Å²) >= 11 is 3.52. The van der Waals surface area contributed by atoms with Crippen molar-refractivity contribution >= 4 is 28.4 Å². The first kappa shape index (κ1) is 11.4. The molecule has 1 aliphatic rings. The Morgan fingerprint density at radius 1 is 1.33 bits per heavy atom. The van der Waals surface area contributed by atoms with E-state index in [-0.39, 0.29) is 0 Å². The molecule has 0 N–H and O–H groups in total. The predicted octanol–water partition coefficient (Wildman–Crippen LogP) is 3.43. The normalized spacial score (nSPS) is 25.3. The highest BCUT2D eigenvalue weighted by atomic mass is 79.9. The molecular weight excluding hydrogens is 271 g/mol. The first-order valence-corrected chi connectivity index (χ1v) is 8.96. The highest BCUT2D eigenvalue weighted by molar-refractivity contribution is 9.09. The smallest absolute Gasteiger partial charge is 0.109 e. The van der Waals surface area contributed by atoms with Crippen LogP contribution in [0.3, 0.4) is 0 Å². The SMILES string of the molecule is CP(C)(=O)c1ccc(C2CC2CBr)cc1. The van der Waals surface area contributed by atoms with E-state index in [2.05, 4.69) is 28.1 Å². The molecule has 0 aromatic heterocycles. The second-order valence-corrected chi connectivity index (χ2v) is 8.56. The molecule has 0 bridgehead atoms. The maximum absolute atomic E-state index is 11.8. The van der Waals surface area contributed by atoms with Crippen LogP contribution in [0.1, 0.15) is 17.9 Å². The van der Waals surface area contributed by atoms with Gasteiger partial charge in [-0.15, -0.1) is 0 Å². The maximum atomic E-state index is 11.8. The third-order valence-corrected chi connectivity index (χ3v) is 5.44. The molecule has 0 amide bonds. The predicted molar refractivity (Wildman–Crippen MR) is 70.2 cm³/mol. The van der Waals surface area contributed by atoms with Crippen LogP contribution in [0.25, 0.3) is 0 Å². The van der Waals surface area contributed by atoms with Crippen LogP contribution in [-0.2, 0) is 4.57 Å². The topological polar surface area (TPSA) is 17.1 Å². The number of alkyl halides is 1. The summed E-state index contributed by atoms with van der Waals surface area (Å²) in [6, 6.07) is 8.34. The van der Waals surface area contributed by atoms with Crippen molar-refractivity contribution in [2.45, 2.75) is 12.3 Å². The first-order chi connectivity index (χ1) is 7.02. The molecular formula is C12H16BrOP. The molecule has 0 aliphatic heterocycles. The van der Waals surface area contributed by atoms with Gasteiger partial charge in [0.05, 0.1) is 0 Å². The van der Waals surface area contributed by atoms with Gasteiger partial charge >= 0.3 is 0 Å².